The summed E-state index contributed by atoms with van der Waals surface area (Å²) in [6, 6.07) is 6.50. The molecule has 1 aromatic heterocycles. The number of thiazole rings is 1. The third-order valence-electron chi connectivity index (χ3n) is 6.37. The van der Waals surface area contributed by atoms with Crippen LogP contribution in [0.15, 0.2) is 48.0 Å². The van der Waals surface area contributed by atoms with Crippen LogP contribution >= 0.6 is 11.3 Å². The second-order valence-electron chi connectivity index (χ2n) is 7.92. The number of aromatic nitrogens is 1. The predicted octanol–water partition coefficient (Wildman–Crippen LogP) is 3.03. The van der Waals surface area contributed by atoms with Crippen molar-refractivity contribution in [1.82, 2.24) is 9.88 Å². The molecule has 5 unspecified atom stereocenters. The van der Waals surface area contributed by atoms with E-state index in [1.54, 1.807) is 30.8 Å². The molecule has 3 aliphatic rings. The highest BCUT2D eigenvalue weighted by atomic mass is 32.1. The number of methoxy groups -OCH3 is 1. The number of likely N-dealkylation sites (tertiary alicyclic amines) is 1. The van der Waals surface area contributed by atoms with Crippen LogP contribution in [0.3, 0.4) is 0 Å². The monoisotopic (exact) mass is 423 g/mol. The molecule has 8 heteroatoms. The number of rotatable bonds is 6. The maximum absolute atomic E-state index is 13.3. The molecule has 1 saturated heterocycles. The van der Waals surface area contributed by atoms with Crippen LogP contribution in [0.4, 0.5) is 5.13 Å². The molecule has 7 nitrogen and oxygen atoms in total. The maximum atomic E-state index is 13.3. The predicted molar refractivity (Wildman–Crippen MR) is 111 cm³/mol. The van der Waals surface area contributed by atoms with E-state index in [0.717, 1.165) is 12.0 Å². The summed E-state index contributed by atoms with van der Waals surface area (Å²) in [6.45, 7) is 0. The molecule has 5 rings (SSSR count). The summed E-state index contributed by atoms with van der Waals surface area (Å²) < 4.78 is 5.22. The van der Waals surface area contributed by atoms with Crippen LogP contribution in [0, 0.1) is 23.7 Å². The molecule has 2 aromatic rings. The molecule has 30 heavy (non-hydrogen) atoms. The van der Waals surface area contributed by atoms with Crippen LogP contribution in [0.2, 0.25) is 0 Å². The van der Waals surface area contributed by atoms with E-state index in [4.69, 9.17) is 4.74 Å². The summed E-state index contributed by atoms with van der Waals surface area (Å²) in [5.41, 5.74) is 0.729. The molecule has 2 aliphatic carbocycles. The summed E-state index contributed by atoms with van der Waals surface area (Å²) in [4.78, 5) is 44.8. The third-order valence-corrected chi connectivity index (χ3v) is 7.06. The molecule has 1 aromatic carbocycles. The molecule has 0 radical (unpaired) electrons. The zero-order valence-electron chi connectivity index (χ0n) is 16.4. The van der Waals surface area contributed by atoms with Crippen molar-refractivity contribution < 1.29 is 19.1 Å². The number of benzene rings is 1. The van der Waals surface area contributed by atoms with Crippen molar-refractivity contribution in [1.29, 1.82) is 0 Å². The van der Waals surface area contributed by atoms with Gasteiger partial charge in [0.05, 0.1) is 31.4 Å². The van der Waals surface area contributed by atoms with Crippen molar-refractivity contribution in [3.63, 3.8) is 0 Å². The average molecular weight is 423 g/mol. The number of ether oxygens (including phenoxy) is 1. The van der Waals surface area contributed by atoms with Gasteiger partial charge in [-0.15, -0.1) is 11.3 Å². The molecule has 1 saturated carbocycles. The van der Waals surface area contributed by atoms with E-state index < -0.39 is 6.04 Å². The smallest absolute Gasteiger partial charge is 0.234 e. The van der Waals surface area contributed by atoms with Crippen molar-refractivity contribution in [3.05, 3.63) is 53.6 Å². The number of allylic oxidation sites excluding steroid dienone is 2. The van der Waals surface area contributed by atoms with Crippen molar-refractivity contribution >= 4 is 34.2 Å². The first kappa shape index (κ1) is 19.0. The molecular weight excluding hydrogens is 402 g/mol. The number of anilines is 1. The standard InChI is InChI=1S/C22H21N3O4S/c1-29-15-6-4-12(5-7-15)16(11-17(26)24-22-23-8-9-30-22)25-20(27)18-13-2-3-14(10-13)19(18)21(25)28/h2-9,13-14,16,18-19H,10-11H2,1H3,(H,23,24,26). The Bertz CT molecular complexity index is 988. The van der Waals surface area contributed by atoms with E-state index in [0.29, 0.717) is 10.9 Å². The van der Waals surface area contributed by atoms with E-state index in [-0.39, 0.29) is 47.8 Å². The van der Waals surface area contributed by atoms with Crippen LogP contribution in [0.5, 0.6) is 5.75 Å². The minimum absolute atomic E-state index is 0.0222. The number of carbonyl (C=O) groups excluding carboxylic acids is 3. The lowest BCUT2D eigenvalue weighted by molar-refractivity contribution is -0.144. The Morgan fingerprint density at radius 3 is 2.43 bits per heavy atom. The van der Waals surface area contributed by atoms with E-state index in [9.17, 15) is 14.4 Å². The first-order chi connectivity index (χ1) is 14.6. The lowest BCUT2D eigenvalue weighted by Crippen LogP contribution is -2.38. The Hall–Kier alpha value is -3.00. The van der Waals surface area contributed by atoms with Gasteiger partial charge in [-0.2, -0.15) is 0 Å². The molecule has 1 N–H and O–H groups in total. The summed E-state index contributed by atoms with van der Waals surface area (Å²) >= 11 is 1.32. The Labute approximate surface area is 177 Å². The normalized spacial score (nSPS) is 27.4. The molecule has 2 bridgehead atoms. The topological polar surface area (TPSA) is 88.6 Å². The van der Waals surface area contributed by atoms with E-state index in [1.165, 1.54) is 16.2 Å². The van der Waals surface area contributed by atoms with Crippen LogP contribution in [0.1, 0.15) is 24.4 Å². The first-order valence-corrected chi connectivity index (χ1v) is 10.8. The fraction of sp³-hybridized carbons (Fsp3) is 0.364. The summed E-state index contributed by atoms with van der Waals surface area (Å²) in [5.74, 6) is -0.281. The Balaban J connectivity index is 1.45. The zero-order chi connectivity index (χ0) is 20.8. The fourth-order valence-corrected chi connectivity index (χ4v) is 5.59. The molecule has 5 atom stereocenters. The van der Waals surface area contributed by atoms with Gasteiger partial charge < -0.3 is 10.1 Å². The zero-order valence-corrected chi connectivity index (χ0v) is 17.2. The van der Waals surface area contributed by atoms with Crippen molar-refractivity contribution in [2.24, 2.45) is 23.7 Å². The molecule has 2 heterocycles. The molecular formula is C22H21N3O4S. The summed E-state index contributed by atoms with van der Waals surface area (Å²) in [5, 5.41) is 5.02. The minimum Gasteiger partial charge on any atom is -0.497 e. The Kier molecular flexibility index (Phi) is 4.66. The van der Waals surface area contributed by atoms with Gasteiger partial charge in [-0.3, -0.25) is 19.3 Å². The highest BCUT2D eigenvalue weighted by molar-refractivity contribution is 7.13. The Morgan fingerprint density at radius 1 is 1.20 bits per heavy atom. The third kappa shape index (κ3) is 3.02. The highest BCUT2D eigenvalue weighted by Gasteiger charge is 2.60. The number of hydrogen-bond acceptors (Lipinski definition) is 6. The second-order valence-corrected chi connectivity index (χ2v) is 8.82. The van der Waals surface area contributed by atoms with Gasteiger partial charge in [0.2, 0.25) is 17.7 Å². The van der Waals surface area contributed by atoms with Crippen LogP contribution in [-0.2, 0) is 14.4 Å². The van der Waals surface area contributed by atoms with Gasteiger partial charge in [0.1, 0.15) is 5.75 Å². The number of imide groups is 1. The molecule has 3 amide bonds. The van der Waals surface area contributed by atoms with Crippen LogP contribution in [0.25, 0.3) is 0 Å². The van der Waals surface area contributed by atoms with Crippen molar-refractivity contribution in [2.45, 2.75) is 18.9 Å². The van der Waals surface area contributed by atoms with Gasteiger partial charge in [-0.05, 0) is 36.0 Å². The van der Waals surface area contributed by atoms with Gasteiger partial charge in [0.15, 0.2) is 5.13 Å². The Morgan fingerprint density at radius 2 is 1.87 bits per heavy atom. The van der Waals surface area contributed by atoms with Gasteiger partial charge >= 0.3 is 0 Å². The number of nitrogens with zero attached hydrogens (tertiary/aromatic N) is 2. The lowest BCUT2D eigenvalue weighted by atomic mass is 9.85. The molecule has 154 valence electrons. The van der Waals surface area contributed by atoms with Gasteiger partial charge in [0, 0.05) is 11.6 Å². The largest absolute Gasteiger partial charge is 0.497 e. The molecule has 2 fully saturated rings. The number of fused-ring (bicyclic) bond motifs is 5. The van der Waals surface area contributed by atoms with Crippen LogP contribution in [-0.4, -0.2) is 34.7 Å². The van der Waals surface area contributed by atoms with Crippen LogP contribution < -0.4 is 10.1 Å². The summed E-state index contributed by atoms with van der Waals surface area (Å²) in [7, 11) is 1.57. The lowest BCUT2D eigenvalue weighted by Gasteiger charge is -2.28. The average Bonchev–Trinajstić information content (AvgIpc) is 3.53. The van der Waals surface area contributed by atoms with Gasteiger partial charge in [0.25, 0.3) is 0 Å². The summed E-state index contributed by atoms with van der Waals surface area (Å²) in [6.07, 6.45) is 6.60. The highest BCUT2D eigenvalue weighted by Crippen LogP contribution is 2.54. The number of amides is 3. The van der Waals surface area contributed by atoms with Gasteiger partial charge in [-0.25, -0.2) is 4.98 Å². The van der Waals surface area contributed by atoms with Crippen molar-refractivity contribution in [3.8, 4) is 5.75 Å². The maximum Gasteiger partial charge on any atom is 0.234 e. The van der Waals surface area contributed by atoms with E-state index in [1.807, 2.05) is 12.1 Å². The fourth-order valence-electron chi connectivity index (χ4n) is 5.05. The van der Waals surface area contributed by atoms with Crippen molar-refractivity contribution in [2.75, 3.05) is 12.4 Å². The molecule has 0 spiro atoms. The van der Waals surface area contributed by atoms with E-state index >= 15 is 0 Å². The quantitative estimate of drug-likeness (QED) is 0.570. The first-order valence-electron chi connectivity index (χ1n) is 9.95. The van der Waals surface area contributed by atoms with E-state index in [2.05, 4.69) is 22.5 Å². The minimum atomic E-state index is -0.666. The SMILES string of the molecule is COc1ccc(C(CC(=O)Nc2nccs2)N2C(=O)C3C4C=CC(C4)C3C2=O)cc1. The number of hydrogen-bond donors (Lipinski definition) is 1. The number of carbonyl (C=O) groups is 3. The van der Waals surface area contributed by atoms with Gasteiger partial charge in [-0.1, -0.05) is 24.3 Å². The number of nitrogens with one attached hydrogen (secondary N) is 1. The molecule has 1 aliphatic heterocycles. The second kappa shape index (κ2) is 7.36.